The Morgan fingerprint density at radius 2 is 1.88 bits per heavy atom. The van der Waals surface area contributed by atoms with Gasteiger partial charge in [0.2, 0.25) is 0 Å². The first-order valence-electron chi connectivity index (χ1n) is 8.34. The number of carbonyl (C=O) groups is 1. The van der Waals surface area contributed by atoms with Crippen molar-refractivity contribution in [3.8, 4) is 0 Å². The Morgan fingerprint density at radius 1 is 1.24 bits per heavy atom. The second-order valence-corrected chi connectivity index (χ2v) is 8.87. The lowest BCUT2D eigenvalue weighted by atomic mass is 10.0. The molecule has 0 spiro atoms. The van der Waals surface area contributed by atoms with Crippen LogP contribution in [-0.2, 0) is 14.8 Å². The molecule has 1 saturated heterocycles. The molecule has 7 nitrogen and oxygen atoms in total. The van der Waals surface area contributed by atoms with Gasteiger partial charge < -0.3 is 15.0 Å². The third kappa shape index (κ3) is 3.95. The summed E-state index contributed by atoms with van der Waals surface area (Å²) < 4.78 is 33.5. The molecule has 136 valence electrons. The van der Waals surface area contributed by atoms with Crippen molar-refractivity contribution >= 4 is 22.0 Å². The number of carbonyl (C=O) groups excluding carboxylic acids is 1. The molecule has 1 amide bonds. The van der Waals surface area contributed by atoms with E-state index in [-0.39, 0.29) is 10.9 Å². The molecule has 2 heterocycles. The predicted molar refractivity (Wildman–Crippen MR) is 94.1 cm³/mol. The minimum Gasteiger partial charge on any atom is -0.444 e. The van der Waals surface area contributed by atoms with Crippen molar-refractivity contribution in [3.05, 3.63) is 29.8 Å². The number of alkyl carbamates (subject to hydrolysis) is 1. The van der Waals surface area contributed by atoms with Gasteiger partial charge in [-0.25, -0.2) is 4.79 Å². The van der Waals surface area contributed by atoms with Crippen LogP contribution >= 0.6 is 0 Å². The zero-order chi connectivity index (χ0) is 18.2. The molecule has 0 saturated carbocycles. The van der Waals surface area contributed by atoms with Crippen molar-refractivity contribution in [1.82, 2.24) is 10.2 Å². The summed E-state index contributed by atoms with van der Waals surface area (Å²) in [4.78, 5) is 14.1. The van der Waals surface area contributed by atoms with E-state index in [1.807, 2.05) is 31.7 Å². The molecule has 3 rings (SSSR count). The lowest BCUT2D eigenvalue weighted by Gasteiger charge is -2.34. The Bertz CT molecular complexity index is 803. The number of piperidine rings is 1. The SMILES string of the molecule is CC(C)(C)OC(=O)NC1CCN(C2=NS(=O)(=O)c3ccccc32)CC1. The highest BCUT2D eigenvalue weighted by Crippen LogP contribution is 2.28. The Hall–Kier alpha value is -2.09. The number of amides is 1. The van der Waals surface area contributed by atoms with Crippen molar-refractivity contribution in [2.45, 2.75) is 50.2 Å². The molecular weight excluding hydrogens is 342 g/mol. The number of nitrogens with one attached hydrogen (secondary N) is 1. The quantitative estimate of drug-likeness (QED) is 0.824. The van der Waals surface area contributed by atoms with Crippen LogP contribution in [0.15, 0.2) is 33.6 Å². The third-order valence-electron chi connectivity index (χ3n) is 4.13. The number of nitrogens with zero attached hydrogens (tertiary/aromatic N) is 2. The molecule has 1 N–H and O–H groups in total. The Morgan fingerprint density at radius 3 is 2.52 bits per heavy atom. The number of rotatable bonds is 1. The maximum Gasteiger partial charge on any atom is 0.407 e. The Balaban J connectivity index is 1.63. The van der Waals surface area contributed by atoms with E-state index in [1.165, 1.54) is 0 Å². The van der Waals surface area contributed by atoms with E-state index in [0.29, 0.717) is 37.3 Å². The number of hydrogen-bond donors (Lipinski definition) is 1. The van der Waals surface area contributed by atoms with Crippen molar-refractivity contribution in [1.29, 1.82) is 0 Å². The van der Waals surface area contributed by atoms with Crippen LogP contribution in [0.3, 0.4) is 0 Å². The first-order valence-corrected chi connectivity index (χ1v) is 9.78. The molecule has 0 aliphatic carbocycles. The molecule has 1 aromatic rings. The Kier molecular flexibility index (Phi) is 4.49. The van der Waals surface area contributed by atoms with Gasteiger partial charge in [-0.15, -0.1) is 4.40 Å². The molecule has 0 aromatic heterocycles. The molecule has 1 fully saturated rings. The van der Waals surface area contributed by atoms with Crippen molar-refractivity contribution in [2.75, 3.05) is 13.1 Å². The number of likely N-dealkylation sites (tertiary alicyclic amines) is 1. The summed E-state index contributed by atoms with van der Waals surface area (Å²) in [6.45, 7) is 6.73. The molecule has 2 aliphatic rings. The summed E-state index contributed by atoms with van der Waals surface area (Å²) in [6.07, 6.45) is 0.998. The molecular formula is C17H23N3O4S. The topological polar surface area (TPSA) is 88.1 Å². The average molecular weight is 365 g/mol. The first-order chi connectivity index (χ1) is 11.7. The van der Waals surface area contributed by atoms with Crippen molar-refractivity contribution < 1.29 is 17.9 Å². The minimum absolute atomic E-state index is 0.0138. The van der Waals surface area contributed by atoms with Crippen LogP contribution in [-0.4, -0.2) is 50.0 Å². The van der Waals surface area contributed by atoms with E-state index in [9.17, 15) is 13.2 Å². The van der Waals surface area contributed by atoms with Crippen LogP contribution in [0.5, 0.6) is 0 Å². The summed E-state index contributed by atoms with van der Waals surface area (Å²) in [5, 5.41) is 2.88. The zero-order valence-electron chi connectivity index (χ0n) is 14.7. The maximum atomic E-state index is 12.2. The fourth-order valence-corrected chi connectivity index (χ4v) is 4.25. The average Bonchev–Trinajstić information content (AvgIpc) is 2.78. The number of ether oxygens (including phenoxy) is 1. The number of hydrogen-bond acceptors (Lipinski definition) is 5. The molecule has 0 bridgehead atoms. The molecule has 0 atom stereocenters. The van der Waals surface area contributed by atoms with Crippen LogP contribution in [0, 0.1) is 0 Å². The van der Waals surface area contributed by atoms with E-state index in [2.05, 4.69) is 9.71 Å². The van der Waals surface area contributed by atoms with Crippen molar-refractivity contribution in [2.24, 2.45) is 4.40 Å². The highest BCUT2D eigenvalue weighted by molar-refractivity contribution is 7.90. The van der Waals surface area contributed by atoms with Crippen LogP contribution < -0.4 is 5.32 Å². The van der Waals surface area contributed by atoms with Crippen LogP contribution in [0.4, 0.5) is 4.79 Å². The van der Waals surface area contributed by atoms with Gasteiger partial charge in [0.25, 0.3) is 10.0 Å². The van der Waals surface area contributed by atoms with E-state index < -0.39 is 21.7 Å². The summed E-state index contributed by atoms with van der Waals surface area (Å²) in [5.41, 5.74) is 0.127. The monoisotopic (exact) mass is 365 g/mol. The largest absolute Gasteiger partial charge is 0.444 e. The van der Waals surface area contributed by atoms with Gasteiger partial charge in [-0.05, 0) is 45.7 Å². The predicted octanol–water partition coefficient (Wildman–Crippen LogP) is 2.12. The zero-order valence-corrected chi connectivity index (χ0v) is 15.5. The fraction of sp³-hybridized carbons (Fsp3) is 0.529. The molecule has 0 unspecified atom stereocenters. The van der Waals surface area contributed by atoms with E-state index in [0.717, 1.165) is 0 Å². The molecule has 2 aliphatic heterocycles. The molecule has 1 aromatic carbocycles. The summed E-state index contributed by atoms with van der Waals surface area (Å²) >= 11 is 0. The highest BCUT2D eigenvalue weighted by atomic mass is 32.2. The second kappa shape index (κ2) is 6.33. The van der Waals surface area contributed by atoms with Gasteiger partial charge in [0.05, 0.1) is 0 Å². The van der Waals surface area contributed by atoms with Gasteiger partial charge in [-0.1, -0.05) is 12.1 Å². The Labute approximate surface area is 148 Å². The number of sulfonamides is 1. The van der Waals surface area contributed by atoms with Gasteiger partial charge >= 0.3 is 6.09 Å². The number of fused-ring (bicyclic) bond motifs is 1. The van der Waals surface area contributed by atoms with E-state index >= 15 is 0 Å². The van der Waals surface area contributed by atoms with Gasteiger partial charge in [-0.2, -0.15) is 8.42 Å². The molecule has 25 heavy (non-hydrogen) atoms. The van der Waals surface area contributed by atoms with Crippen LogP contribution in [0.2, 0.25) is 0 Å². The molecule has 8 heteroatoms. The summed E-state index contributed by atoms with van der Waals surface area (Å²) in [7, 11) is -3.60. The van der Waals surface area contributed by atoms with Gasteiger partial charge in [0.1, 0.15) is 10.5 Å². The highest BCUT2D eigenvalue weighted by Gasteiger charge is 2.33. The lowest BCUT2D eigenvalue weighted by Crippen LogP contribution is -2.47. The van der Waals surface area contributed by atoms with Crippen LogP contribution in [0.1, 0.15) is 39.2 Å². The van der Waals surface area contributed by atoms with Gasteiger partial charge in [0.15, 0.2) is 5.84 Å². The minimum atomic E-state index is -3.60. The maximum absolute atomic E-state index is 12.2. The number of amidine groups is 1. The first kappa shape index (κ1) is 17.7. The molecule has 0 radical (unpaired) electrons. The van der Waals surface area contributed by atoms with E-state index in [1.54, 1.807) is 18.2 Å². The van der Waals surface area contributed by atoms with Crippen LogP contribution in [0.25, 0.3) is 0 Å². The fourth-order valence-electron chi connectivity index (χ4n) is 3.03. The van der Waals surface area contributed by atoms with Crippen molar-refractivity contribution in [3.63, 3.8) is 0 Å². The second-order valence-electron chi connectivity index (χ2n) is 7.29. The normalized spacial score (nSPS) is 20.0. The summed E-state index contributed by atoms with van der Waals surface area (Å²) in [5.74, 6) is 0.506. The summed E-state index contributed by atoms with van der Waals surface area (Å²) in [6, 6.07) is 6.89. The number of benzene rings is 1. The van der Waals surface area contributed by atoms with Gasteiger partial charge in [-0.3, -0.25) is 0 Å². The third-order valence-corrected chi connectivity index (χ3v) is 5.45. The standard InChI is InChI=1S/C17H23N3O4S/c1-17(2,3)24-16(21)18-12-8-10-20(11-9-12)15-13-6-4-5-7-14(13)25(22,23)19-15/h4-7,12H,8-11H2,1-3H3,(H,18,21). The lowest BCUT2D eigenvalue weighted by molar-refractivity contribution is 0.0488. The smallest absolute Gasteiger partial charge is 0.407 e. The van der Waals surface area contributed by atoms with E-state index in [4.69, 9.17) is 4.74 Å². The van der Waals surface area contributed by atoms with Gasteiger partial charge in [0, 0.05) is 24.7 Å².